The van der Waals surface area contributed by atoms with Gasteiger partial charge < -0.3 is 10.6 Å². The number of hydrogen-bond donors (Lipinski definition) is 2. The molecule has 2 N–H and O–H groups in total. The standard InChI is InChI=1S/C16H26N2O.ClH/c1-4-16(5-2,14-9-7-6-8-10-14)13-18-15(19)11-12-17-3;/h6-10,17H,4-5,11-13H2,1-3H3,(H,18,19);1H. The van der Waals surface area contributed by atoms with Gasteiger partial charge in [-0.25, -0.2) is 0 Å². The molecule has 0 saturated carbocycles. The van der Waals surface area contributed by atoms with Gasteiger partial charge in [-0.3, -0.25) is 4.79 Å². The number of carbonyl (C=O) groups excluding carboxylic acids is 1. The molecule has 0 spiro atoms. The second-order valence-electron chi connectivity index (χ2n) is 4.98. The molecule has 0 aliphatic carbocycles. The fourth-order valence-corrected chi connectivity index (χ4v) is 2.40. The van der Waals surface area contributed by atoms with Gasteiger partial charge in [-0.2, -0.15) is 0 Å². The Bertz CT molecular complexity index is 377. The topological polar surface area (TPSA) is 41.1 Å². The van der Waals surface area contributed by atoms with Crippen molar-refractivity contribution in [3.8, 4) is 0 Å². The molecule has 0 unspecified atom stereocenters. The van der Waals surface area contributed by atoms with E-state index in [2.05, 4.69) is 48.7 Å². The van der Waals surface area contributed by atoms with E-state index in [1.807, 2.05) is 13.1 Å². The number of hydrogen-bond acceptors (Lipinski definition) is 2. The third-order valence-electron chi connectivity index (χ3n) is 3.97. The molecule has 1 amide bonds. The predicted octanol–water partition coefficient (Wildman–Crippen LogP) is 2.89. The molecular weight excluding hydrogens is 272 g/mol. The highest BCUT2D eigenvalue weighted by Crippen LogP contribution is 2.30. The Labute approximate surface area is 128 Å². The Balaban J connectivity index is 0.00000361. The Morgan fingerprint density at radius 3 is 2.25 bits per heavy atom. The van der Waals surface area contributed by atoms with Crippen LogP contribution in [0, 0.1) is 0 Å². The summed E-state index contributed by atoms with van der Waals surface area (Å²) in [6.45, 7) is 5.82. The molecular formula is C16H27ClN2O. The van der Waals surface area contributed by atoms with Crippen molar-refractivity contribution >= 4 is 18.3 Å². The highest BCUT2D eigenvalue weighted by Gasteiger charge is 2.28. The summed E-state index contributed by atoms with van der Waals surface area (Å²) < 4.78 is 0. The Kier molecular flexibility index (Phi) is 9.26. The maximum absolute atomic E-state index is 11.8. The first-order valence-electron chi connectivity index (χ1n) is 7.15. The van der Waals surface area contributed by atoms with Crippen LogP contribution < -0.4 is 10.6 Å². The summed E-state index contributed by atoms with van der Waals surface area (Å²) >= 11 is 0. The maximum Gasteiger partial charge on any atom is 0.221 e. The lowest BCUT2D eigenvalue weighted by Gasteiger charge is -2.32. The van der Waals surface area contributed by atoms with E-state index in [1.54, 1.807) is 0 Å². The number of nitrogens with one attached hydrogen (secondary N) is 2. The first kappa shape index (κ1) is 18.9. The van der Waals surface area contributed by atoms with Gasteiger partial charge in [-0.15, -0.1) is 12.4 Å². The zero-order valence-electron chi connectivity index (χ0n) is 12.7. The fraction of sp³-hybridized carbons (Fsp3) is 0.562. The molecule has 0 aromatic heterocycles. The molecule has 0 fully saturated rings. The minimum atomic E-state index is 0. The van der Waals surface area contributed by atoms with E-state index in [-0.39, 0.29) is 23.7 Å². The van der Waals surface area contributed by atoms with Gasteiger partial charge in [0.15, 0.2) is 0 Å². The molecule has 0 saturated heterocycles. The van der Waals surface area contributed by atoms with Crippen molar-refractivity contribution in [3.63, 3.8) is 0 Å². The van der Waals surface area contributed by atoms with Crippen molar-refractivity contribution in [2.45, 2.75) is 38.5 Å². The monoisotopic (exact) mass is 298 g/mol. The molecule has 0 atom stereocenters. The van der Waals surface area contributed by atoms with Crippen LogP contribution >= 0.6 is 12.4 Å². The van der Waals surface area contributed by atoms with Crippen molar-refractivity contribution in [2.24, 2.45) is 0 Å². The zero-order chi connectivity index (χ0) is 14.1. The maximum atomic E-state index is 11.8. The van der Waals surface area contributed by atoms with Gasteiger partial charge >= 0.3 is 0 Å². The lowest BCUT2D eigenvalue weighted by Crippen LogP contribution is -2.40. The smallest absolute Gasteiger partial charge is 0.221 e. The summed E-state index contributed by atoms with van der Waals surface area (Å²) in [4.78, 5) is 11.8. The van der Waals surface area contributed by atoms with Gasteiger partial charge in [0.2, 0.25) is 5.91 Å². The highest BCUT2D eigenvalue weighted by molar-refractivity contribution is 5.85. The lowest BCUT2D eigenvalue weighted by molar-refractivity contribution is -0.121. The minimum absolute atomic E-state index is 0. The van der Waals surface area contributed by atoms with Gasteiger partial charge in [-0.1, -0.05) is 44.2 Å². The molecule has 0 heterocycles. The number of halogens is 1. The van der Waals surface area contributed by atoms with Gasteiger partial charge in [0, 0.05) is 24.9 Å². The third kappa shape index (κ3) is 5.14. The quantitative estimate of drug-likeness (QED) is 0.775. The summed E-state index contributed by atoms with van der Waals surface area (Å²) in [7, 11) is 1.86. The Morgan fingerprint density at radius 2 is 1.75 bits per heavy atom. The van der Waals surface area contributed by atoms with E-state index in [4.69, 9.17) is 0 Å². The van der Waals surface area contributed by atoms with Crippen molar-refractivity contribution in [1.82, 2.24) is 10.6 Å². The number of benzene rings is 1. The third-order valence-corrected chi connectivity index (χ3v) is 3.97. The van der Waals surface area contributed by atoms with Crippen molar-refractivity contribution < 1.29 is 4.79 Å². The van der Waals surface area contributed by atoms with E-state index in [0.717, 1.165) is 19.4 Å². The largest absolute Gasteiger partial charge is 0.355 e. The van der Waals surface area contributed by atoms with Crippen LogP contribution in [0.4, 0.5) is 0 Å². The lowest BCUT2D eigenvalue weighted by atomic mass is 9.76. The van der Waals surface area contributed by atoms with Crippen LogP contribution in [0.25, 0.3) is 0 Å². The summed E-state index contributed by atoms with van der Waals surface area (Å²) in [5.74, 6) is 0.122. The van der Waals surface area contributed by atoms with Crippen LogP contribution in [0.1, 0.15) is 38.7 Å². The van der Waals surface area contributed by atoms with Crippen molar-refractivity contribution in [1.29, 1.82) is 0 Å². The van der Waals surface area contributed by atoms with E-state index < -0.39 is 0 Å². The second kappa shape index (κ2) is 9.78. The van der Waals surface area contributed by atoms with Gasteiger partial charge in [0.1, 0.15) is 0 Å². The van der Waals surface area contributed by atoms with E-state index >= 15 is 0 Å². The minimum Gasteiger partial charge on any atom is -0.355 e. The molecule has 4 heteroatoms. The van der Waals surface area contributed by atoms with Crippen LogP contribution in [0.15, 0.2) is 30.3 Å². The second-order valence-corrected chi connectivity index (χ2v) is 4.98. The predicted molar refractivity (Wildman–Crippen MR) is 87.5 cm³/mol. The molecule has 0 aliphatic heterocycles. The Morgan fingerprint density at radius 1 is 1.15 bits per heavy atom. The van der Waals surface area contributed by atoms with Crippen molar-refractivity contribution in [2.75, 3.05) is 20.1 Å². The van der Waals surface area contributed by atoms with E-state index in [9.17, 15) is 4.79 Å². The Hall–Kier alpha value is -1.06. The summed E-state index contributed by atoms with van der Waals surface area (Å²) in [6, 6.07) is 10.5. The SMILES string of the molecule is CCC(CC)(CNC(=O)CCNC)c1ccccc1.Cl. The van der Waals surface area contributed by atoms with Crippen LogP contribution in [0.2, 0.25) is 0 Å². The van der Waals surface area contributed by atoms with Crippen LogP contribution in [0.3, 0.4) is 0 Å². The molecule has 1 aromatic carbocycles. The average Bonchev–Trinajstić information content (AvgIpc) is 2.48. The molecule has 1 aromatic rings. The van der Waals surface area contributed by atoms with E-state index in [0.29, 0.717) is 13.0 Å². The average molecular weight is 299 g/mol. The van der Waals surface area contributed by atoms with Gasteiger partial charge in [0.05, 0.1) is 0 Å². The molecule has 3 nitrogen and oxygen atoms in total. The summed E-state index contributed by atoms with van der Waals surface area (Å²) in [5, 5.41) is 6.07. The molecule has 0 radical (unpaired) electrons. The highest BCUT2D eigenvalue weighted by atomic mass is 35.5. The number of rotatable bonds is 8. The summed E-state index contributed by atoms with van der Waals surface area (Å²) in [6.07, 6.45) is 2.59. The van der Waals surface area contributed by atoms with Gasteiger partial charge in [0.25, 0.3) is 0 Å². The van der Waals surface area contributed by atoms with Crippen molar-refractivity contribution in [3.05, 3.63) is 35.9 Å². The van der Waals surface area contributed by atoms with Crippen LogP contribution in [-0.2, 0) is 10.2 Å². The molecule has 114 valence electrons. The number of carbonyl (C=O) groups is 1. The molecule has 0 bridgehead atoms. The van der Waals surface area contributed by atoms with Gasteiger partial charge in [-0.05, 0) is 25.5 Å². The zero-order valence-corrected chi connectivity index (χ0v) is 13.6. The summed E-state index contributed by atoms with van der Waals surface area (Å²) in [5.41, 5.74) is 1.37. The first-order chi connectivity index (χ1) is 9.18. The molecule has 1 rings (SSSR count). The van der Waals surface area contributed by atoms with E-state index in [1.165, 1.54) is 5.56 Å². The molecule has 0 aliphatic rings. The van der Waals surface area contributed by atoms with Crippen LogP contribution in [0.5, 0.6) is 0 Å². The first-order valence-corrected chi connectivity index (χ1v) is 7.15. The normalized spacial score (nSPS) is 10.8. The number of amides is 1. The van der Waals surface area contributed by atoms with Crippen LogP contribution in [-0.4, -0.2) is 26.0 Å². The molecule has 20 heavy (non-hydrogen) atoms. The fourth-order valence-electron chi connectivity index (χ4n) is 2.40.